The van der Waals surface area contributed by atoms with Crippen LogP contribution >= 0.6 is 11.9 Å². The Morgan fingerprint density at radius 2 is 1.92 bits per heavy atom. The topological polar surface area (TPSA) is 70.1 Å². The quantitative estimate of drug-likeness (QED) is 0.822. The molecule has 0 bridgehead atoms. The summed E-state index contributed by atoms with van der Waals surface area (Å²) in [7, 11) is 0. The van der Waals surface area contributed by atoms with E-state index in [1.807, 2.05) is 24.3 Å². The normalized spacial score (nSPS) is 23.5. The van der Waals surface area contributed by atoms with E-state index < -0.39 is 18.0 Å². The van der Waals surface area contributed by atoms with E-state index in [0.29, 0.717) is 13.2 Å². The molecule has 1 N–H and O–H groups in total. The zero-order valence-corrected chi connectivity index (χ0v) is 14.5. The molecule has 2 aliphatic rings. The summed E-state index contributed by atoms with van der Waals surface area (Å²) in [5, 5.41) is 9.12. The Morgan fingerprint density at radius 1 is 1.25 bits per heavy atom. The van der Waals surface area contributed by atoms with Crippen LogP contribution in [0, 0.1) is 5.92 Å². The van der Waals surface area contributed by atoms with E-state index in [9.17, 15) is 9.59 Å². The second-order valence-corrected chi connectivity index (χ2v) is 7.30. The fourth-order valence-electron chi connectivity index (χ4n) is 2.97. The Kier molecular flexibility index (Phi) is 5.43. The van der Waals surface area contributed by atoms with Crippen LogP contribution in [0.1, 0.15) is 19.8 Å². The summed E-state index contributed by atoms with van der Waals surface area (Å²) >= 11 is 1.74. The third-order valence-corrected chi connectivity index (χ3v) is 5.52. The molecule has 2 saturated heterocycles. The molecule has 1 aromatic rings. The van der Waals surface area contributed by atoms with Crippen molar-refractivity contribution < 1.29 is 19.4 Å². The number of carboxylic acids is 1. The average molecular weight is 350 g/mol. The molecule has 0 radical (unpaired) electrons. The number of anilines is 1. The van der Waals surface area contributed by atoms with Crippen LogP contribution in [0.2, 0.25) is 0 Å². The number of hydrogen-bond acceptors (Lipinski definition) is 5. The second kappa shape index (κ2) is 7.55. The summed E-state index contributed by atoms with van der Waals surface area (Å²) in [5.74, 6) is -2.16. The Bertz CT molecular complexity index is 601. The lowest BCUT2D eigenvalue weighted by Crippen LogP contribution is -2.51. The van der Waals surface area contributed by atoms with Gasteiger partial charge in [0, 0.05) is 30.2 Å². The van der Waals surface area contributed by atoms with E-state index in [1.165, 1.54) is 19.8 Å². The van der Waals surface area contributed by atoms with Gasteiger partial charge < -0.3 is 14.7 Å². The molecule has 24 heavy (non-hydrogen) atoms. The highest BCUT2D eigenvalue weighted by molar-refractivity contribution is 7.97. The first kappa shape index (κ1) is 17.3. The van der Waals surface area contributed by atoms with E-state index >= 15 is 0 Å². The zero-order chi connectivity index (χ0) is 17.1. The maximum atomic E-state index is 12.6. The average Bonchev–Trinajstić information content (AvgIpc) is 3.08. The first-order valence-electron chi connectivity index (χ1n) is 8.25. The minimum atomic E-state index is -1.02. The Balaban J connectivity index is 1.68. The molecule has 130 valence electrons. The van der Waals surface area contributed by atoms with Gasteiger partial charge in [-0.2, -0.15) is 0 Å². The molecular weight excluding hydrogens is 328 g/mol. The highest BCUT2D eigenvalue weighted by atomic mass is 32.2. The van der Waals surface area contributed by atoms with Crippen LogP contribution in [0.4, 0.5) is 5.69 Å². The molecule has 7 heteroatoms. The third kappa shape index (κ3) is 3.74. The van der Waals surface area contributed by atoms with Crippen molar-refractivity contribution >= 4 is 29.5 Å². The maximum absolute atomic E-state index is 12.6. The molecule has 0 saturated carbocycles. The van der Waals surface area contributed by atoms with E-state index in [0.717, 1.165) is 23.7 Å². The highest BCUT2D eigenvalue weighted by Gasteiger charge is 2.37. The first-order chi connectivity index (χ1) is 11.6. The number of carboxylic acid groups (broad SMARTS) is 1. The lowest BCUT2D eigenvalue weighted by atomic mass is 10.0. The molecule has 2 atom stereocenters. The van der Waals surface area contributed by atoms with Gasteiger partial charge >= 0.3 is 5.97 Å². The van der Waals surface area contributed by atoms with Gasteiger partial charge in [0.1, 0.15) is 6.10 Å². The molecule has 6 nitrogen and oxygen atoms in total. The molecule has 0 spiro atoms. The summed E-state index contributed by atoms with van der Waals surface area (Å²) in [6, 6.07) is 7.86. The molecular formula is C17H22N2O4S. The highest BCUT2D eigenvalue weighted by Crippen LogP contribution is 2.29. The number of nitrogens with zero attached hydrogens (tertiary/aromatic N) is 2. The monoisotopic (exact) mass is 350 g/mol. The SMILES string of the molecule is CC(C(=O)O)C1OCCN(c2ccc(SN3CCCC3)cc2)C1=O. The molecule has 1 aromatic carbocycles. The smallest absolute Gasteiger partial charge is 0.309 e. The van der Waals surface area contributed by atoms with E-state index in [-0.39, 0.29) is 5.91 Å². The Hall–Kier alpha value is -1.57. The van der Waals surface area contributed by atoms with Crippen LogP contribution in [0.25, 0.3) is 0 Å². The molecule has 3 rings (SSSR count). The number of hydrogen-bond donors (Lipinski definition) is 1. The molecule has 0 aliphatic carbocycles. The lowest BCUT2D eigenvalue weighted by molar-refractivity contribution is -0.154. The maximum Gasteiger partial charge on any atom is 0.309 e. The van der Waals surface area contributed by atoms with Crippen molar-refractivity contribution in [2.45, 2.75) is 30.8 Å². The number of aliphatic carboxylic acids is 1. The lowest BCUT2D eigenvalue weighted by Gasteiger charge is -2.34. The van der Waals surface area contributed by atoms with Crippen molar-refractivity contribution in [2.24, 2.45) is 5.92 Å². The zero-order valence-electron chi connectivity index (χ0n) is 13.7. The van der Waals surface area contributed by atoms with Crippen molar-refractivity contribution in [3.05, 3.63) is 24.3 Å². The predicted octanol–water partition coefficient (Wildman–Crippen LogP) is 2.24. The summed E-state index contributed by atoms with van der Waals surface area (Å²) in [4.78, 5) is 26.5. The number of carbonyl (C=O) groups excluding carboxylic acids is 1. The van der Waals surface area contributed by atoms with Crippen LogP contribution in [0.5, 0.6) is 0 Å². The Labute approximate surface area is 145 Å². The summed E-state index contributed by atoms with van der Waals surface area (Å²) < 4.78 is 7.74. The number of rotatable bonds is 5. The summed E-state index contributed by atoms with van der Waals surface area (Å²) in [5.41, 5.74) is 0.789. The minimum absolute atomic E-state index is 0.281. The molecule has 1 amide bonds. The van der Waals surface area contributed by atoms with Gasteiger partial charge in [-0.05, 0) is 56.0 Å². The van der Waals surface area contributed by atoms with Gasteiger partial charge in [0.2, 0.25) is 0 Å². The van der Waals surface area contributed by atoms with E-state index in [4.69, 9.17) is 9.84 Å². The number of ether oxygens (including phenoxy) is 1. The van der Waals surface area contributed by atoms with Gasteiger partial charge in [0.25, 0.3) is 5.91 Å². The molecule has 2 fully saturated rings. The van der Waals surface area contributed by atoms with Gasteiger partial charge in [-0.15, -0.1) is 0 Å². The van der Waals surface area contributed by atoms with Crippen LogP contribution in [-0.2, 0) is 14.3 Å². The predicted molar refractivity (Wildman–Crippen MR) is 92.0 cm³/mol. The van der Waals surface area contributed by atoms with Gasteiger partial charge in [-0.3, -0.25) is 9.59 Å². The van der Waals surface area contributed by atoms with Crippen molar-refractivity contribution in [1.82, 2.24) is 4.31 Å². The van der Waals surface area contributed by atoms with Crippen molar-refractivity contribution in [1.29, 1.82) is 0 Å². The van der Waals surface area contributed by atoms with Gasteiger partial charge in [-0.1, -0.05) is 0 Å². The van der Waals surface area contributed by atoms with Crippen molar-refractivity contribution in [3.63, 3.8) is 0 Å². The molecule has 0 aromatic heterocycles. The van der Waals surface area contributed by atoms with Crippen LogP contribution in [-0.4, -0.2) is 53.6 Å². The first-order valence-corrected chi connectivity index (χ1v) is 9.02. The molecule has 2 aliphatic heterocycles. The number of amides is 1. The van der Waals surface area contributed by atoms with Gasteiger partial charge in [0.15, 0.2) is 0 Å². The second-order valence-electron chi connectivity index (χ2n) is 6.13. The van der Waals surface area contributed by atoms with Crippen molar-refractivity contribution in [3.8, 4) is 0 Å². The Morgan fingerprint density at radius 3 is 2.54 bits per heavy atom. The number of carbonyl (C=O) groups is 2. The number of morpholine rings is 1. The number of benzene rings is 1. The summed E-state index contributed by atoms with van der Waals surface area (Å²) in [6.45, 7) is 4.52. The fraction of sp³-hybridized carbons (Fsp3) is 0.529. The van der Waals surface area contributed by atoms with Gasteiger partial charge in [-0.25, -0.2) is 4.31 Å². The summed E-state index contributed by atoms with van der Waals surface area (Å²) in [6.07, 6.45) is 1.57. The van der Waals surface area contributed by atoms with Gasteiger partial charge in [0.05, 0.1) is 12.5 Å². The van der Waals surface area contributed by atoms with Crippen LogP contribution in [0.3, 0.4) is 0 Å². The largest absolute Gasteiger partial charge is 0.481 e. The molecule has 2 heterocycles. The van der Waals surface area contributed by atoms with E-state index in [1.54, 1.807) is 16.8 Å². The third-order valence-electron chi connectivity index (χ3n) is 4.41. The standard InChI is InChI=1S/C17H22N2O4S/c1-12(17(21)22)15-16(20)19(10-11-23-15)13-4-6-14(7-5-13)24-18-8-2-3-9-18/h4-7,12,15H,2-3,8-11H2,1H3,(H,21,22). The minimum Gasteiger partial charge on any atom is -0.481 e. The van der Waals surface area contributed by atoms with Crippen molar-refractivity contribution in [2.75, 3.05) is 31.1 Å². The fourth-order valence-corrected chi connectivity index (χ4v) is 3.96. The van der Waals surface area contributed by atoms with Crippen LogP contribution in [0.15, 0.2) is 29.2 Å². The van der Waals surface area contributed by atoms with Crippen LogP contribution < -0.4 is 4.90 Å². The van der Waals surface area contributed by atoms with E-state index in [2.05, 4.69) is 4.31 Å². The molecule has 2 unspecified atom stereocenters.